The summed E-state index contributed by atoms with van der Waals surface area (Å²) in [5.74, 6) is 0. The Kier molecular flexibility index (Phi) is 6.75. The molecule has 0 radical (unpaired) electrons. The molecule has 1 N–H and O–H groups in total. The van der Waals surface area contributed by atoms with E-state index in [9.17, 15) is 0 Å². The van der Waals surface area contributed by atoms with Gasteiger partial charge >= 0.3 is 0 Å². The molecule has 146 valence electrons. The van der Waals surface area contributed by atoms with Crippen molar-refractivity contribution >= 4 is 10.8 Å². The average molecular weight is 368 g/mol. The lowest BCUT2D eigenvalue weighted by Gasteiger charge is -2.32. The number of hydrogen-bond donors (Lipinski definition) is 1. The van der Waals surface area contributed by atoms with Crippen LogP contribution in [0.5, 0.6) is 0 Å². The van der Waals surface area contributed by atoms with E-state index in [1.54, 1.807) is 0 Å². The second kappa shape index (κ2) is 9.65. The number of benzene rings is 2. The molecule has 1 unspecified atom stereocenters. The summed E-state index contributed by atoms with van der Waals surface area (Å²) in [4.78, 5) is 5.15. The maximum Gasteiger partial charge on any atom is 0.0594 e. The van der Waals surface area contributed by atoms with Gasteiger partial charge in [-0.1, -0.05) is 42.8 Å². The van der Waals surface area contributed by atoms with Crippen LogP contribution in [0.15, 0.2) is 42.5 Å². The van der Waals surface area contributed by atoms with Gasteiger partial charge in [-0.15, -0.1) is 0 Å². The first kappa shape index (κ1) is 18.9. The van der Waals surface area contributed by atoms with E-state index >= 15 is 0 Å². The highest BCUT2D eigenvalue weighted by Gasteiger charge is 2.19. The van der Waals surface area contributed by atoms with E-state index < -0.39 is 0 Å². The number of ether oxygens (including phenoxy) is 1. The van der Waals surface area contributed by atoms with Gasteiger partial charge in [0.25, 0.3) is 0 Å². The van der Waals surface area contributed by atoms with E-state index in [-0.39, 0.29) is 0 Å². The number of hydrogen-bond acceptors (Lipinski definition) is 4. The number of nitrogens with one attached hydrogen (secondary N) is 1. The average Bonchev–Trinajstić information content (AvgIpc) is 2.74. The lowest BCUT2D eigenvalue weighted by molar-refractivity contribution is 0.0333. The summed E-state index contributed by atoms with van der Waals surface area (Å²) in [5.41, 5.74) is 1.40. The Labute approximate surface area is 163 Å². The van der Waals surface area contributed by atoms with Crippen molar-refractivity contribution in [3.8, 4) is 0 Å². The first-order valence-corrected chi connectivity index (χ1v) is 10.6. The summed E-state index contributed by atoms with van der Waals surface area (Å²) >= 11 is 0. The lowest BCUT2D eigenvalue weighted by atomic mass is 10.0. The fourth-order valence-corrected chi connectivity index (χ4v) is 4.33. The number of morpholine rings is 1. The Balaban J connectivity index is 1.43. The third-order valence-electron chi connectivity index (χ3n) is 5.99. The number of likely N-dealkylation sites (tertiary alicyclic amines) is 1. The maximum absolute atomic E-state index is 5.54. The molecule has 0 spiro atoms. The highest BCUT2D eigenvalue weighted by molar-refractivity contribution is 5.83. The molecule has 2 fully saturated rings. The predicted octanol–water partition coefficient (Wildman–Crippen LogP) is 3.29. The predicted molar refractivity (Wildman–Crippen MR) is 112 cm³/mol. The van der Waals surface area contributed by atoms with Gasteiger partial charge in [0.05, 0.1) is 13.2 Å². The first-order chi connectivity index (χ1) is 13.4. The normalized spacial score (nSPS) is 20.7. The SMILES string of the molecule is c1ccc2cc(C(CN3CCOCC3)NCCN3CCCCC3)ccc2c1. The van der Waals surface area contributed by atoms with Crippen molar-refractivity contribution < 1.29 is 4.74 Å². The molecule has 0 aromatic heterocycles. The van der Waals surface area contributed by atoms with Crippen molar-refractivity contribution in [2.24, 2.45) is 0 Å². The van der Waals surface area contributed by atoms with Crippen LogP contribution in [-0.2, 0) is 4.74 Å². The van der Waals surface area contributed by atoms with E-state index in [4.69, 9.17) is 4.74 Å². The van der Waals surface area contributed by atoms with Gasteiger partial charge in [0.1, 0.15) is 0 Å². The summed E-state index contributed by atoms with van der Waals surface area (Å²) in [6.45, 7) is 9.61. The molecule has 4 nitrogen and oxygen atoms in total. The van der Waals surface area contributed by atoms with Gasteiger partial charge in [0.2, 0.25) is 0 Å². The van der Waals surface area contributed by atoms with E-state index in [0.29, 0.717) is 6.04 Å². The van der Waals surface area contributed by atoms with Gasteiger partial charge in [0, 0.05) is 38.8 Å². The van der Waals surface area contributed by atoms with Crippen LogP contribution in [0, 0.1) is 0 Å². The van der Waals surface area contributed by atoms with Gasteiger partial charge in [0.15, 0.2) is 0 Å². The van der Waals surface area contributed by atoms with Gasteiger partial charge in [-0.25, -0.2) is 0 Å². The van der Waals surface area contributed by atoms with Crippen LogP contribution in [0.25, 0.3) is 10.8 Å². The minimum absolute atomic E-state index is 0.373. The molecule has 4 rings (SSSR count). The van der Waals surface area contributed by atoms with E-state index in [2.05, 4.69) is 57.6 Å². The number of piperidine rings is 1. The molecule has 0 bridgehead atoms. The molecule has 2 aromatic rings. The molecular weight excluding hydrogens is 334 g/mol. The standard InChI is InChI=1S/C23H33N3O/c1-4-11-25(12-5-1)13-10-24-23(19-26-14-16-27-17-15-26)22-9-8-20-6-2-3-7-21(20)18-22/h2-3,6-9,18,23-24H,1,4-5,10-17,19H2. The Morgan fingerprint density at radius 2 is 1.63 bits per heavy atom. The molecule has 2 saturated heterocycles. The Morgan fingerprint density at radius 1 is 0.852 bits per heavy atom. The molecule has 2 aliphatic rings. The largest absolute Gasteiger partial charge is 0.379 e. The van der Waals surface area contributed by atoms with Gasteiger partial charge in [-0.2, -0.15) is 0 Å². The van der Waals surface area contributed by atoms with Gasteiger partial charge < -0.3 is 15.0 Å². The van der Waals surface area contributed by atoms with Crippen molar-refractivity contribution in [1.82, 2.24) is 15.1 Å². The maximum atomic E-state index is 5.54. The number of rotatable bonds is 7. The smallest absolute Gasteiger partial charge is 0.0594 e. The third-order valence-corrected chi connectivity index (χ3v) is 5.99. The first-order valence-electron chi connectivity index (χ1n) is 10.6. The fraction of sp³-hybridized carbons (Fsp3) is 0.565. The topological polar surface area (TPSA) is 27.7 Å². The van der Waals surface area contributed by atoms with Gasteiger partial charge in [-0.3, -0.25) is 4.90 Å². The summed E-state index contributed by atoms with van der Waals surface area (Å²) in [5, 5.41) is 6.52. The number of nitrogens with zero attached hydrogens (tertiary/aromatic N) is 2. The van der Waals surface area contributed by atoms with Crippen LogP contribution in [0.3, 0.4) is 0 Å². The van der Waals surface area contributed by atoms with Crippen molar-refractivity contribution in [2.75, 3.05) is 59.0 Å². The fourth-order valence-electron chi connectivity index (χ4n) is 4.33. The van der Waals surface area contributed by atoms with Crippen LogP contribution in [0.1, 0.15) is 30.9 Å². The second-order valence-electron chi connectivity index (χ2n) is 7.93. The third kappa shape index (κ3) is 5.29. The number of fused-ring (bicyclic) bond motifs is 1. The Hall–Kier alpha value is -1.46. The molecule has 2 heterocycles. The van der Waals surface area contributed by atoms with E-state index in [0.717, 1.165) is 45.9 Å². The van der Waals surface area contributed by atoms with E-state index in [1.807, 2.05) is 0 Å². The summed E-state index contributed by atoms with van der Waals surface area (Å²) in [6, 6.07) is 16.0. The summed E-state index contributed by atoms with van der Waals surface area (Å²) in [7, 11) is 0. The second-order valence-corrected chi connectivity index (χ2v) is 7.93. The molecule has 0 aliphatic carbocycles. The summed E-state index contributed by atoms with van der Waals surface area (Å²) < 4.78 is 5.54. The molecule has 4 heteroatoms. The van der Waals surface area contributed by atoms with Crippen molar-refractivity contribution in [3.63, 3.8) is 0 Å². The summed E-state index contributed by atoms with van der Waals surface area (Å²) in [6.07, 6.45) is 4.13. The van der Waals surface area contributed by atoms with Crippen LogP contribution < -0.4 is 5.32 Å². The zero-order valence-electron chi connectivity index (χ0n) is 16.4. The van der Waals surface area contributed by atoms with Gasteiger partial charge in [-0.05, 0) is 48.3 Å². The molecule has 0 amide bonds. The minimum Gasteiger partial charge on any atom is -0.379 e. The molecule has 27 heavy (non-hydrogen) atoms. The molecule has 0 saturated carbocycles. The van der Waals surface area contributed by atoms with Crippen LogP contribution in [-0.4, -0.2) is 68.8 Å². The quantitative estimate of drug-likeness (QED) is 0.813. The van der Waals surface area contributed by atoms with E-state index in [1.165, 1.54) is 48.7 Å². The highest BCUT2D eigenvalue weighted by Crippen LogP contribution is 2.22. The van der Waals surface area contributed by atoms with Crippen molar-refractivity contribution in [3.05, 3.63) is 48.0 Å². The molecule has 1 atom stereocenters. The molecule has 2 aliphatic heterocycles. The highest BCUT2D eigenvalue weighted by atomic mass is 16.5. The van der Waals surface area contributed by atoms with Crippen molar-refractivity contribution in [1.29, 1.82) is 0 Å². The van der Waals surface area contributed by atoms with Crippen LogP contribution in [0.4, 0.5) is 0 Å². The van der Waals surface area contributed by atoms with Crippen molar-refractivity contribution in [2.45, 2.75) is 25.3 Å². The van der Waals surface area contributed by atoms with Crippen LogP contribution >= 0.6 is 0 Å². The van der Waals surface area contributed by atoms with Crippen LogP contribution in [0.2, 0.25) is 0 Å². The monoisotopic (exact) mass is 367 g/mol. The Morgan fingerprint density at radius 3 is 2.44 bits per heavy atom. The zero-order chi connectivity index (χ0) is 18.3. The lowest BCUT2D eigenvalue weighted by Crippen LogP contribution is -2.43. The Bertz CT molecular complexity index is 708. The molecular formula is C23H33N3O. The zero-order valence-corrected chi connectivity index (χ0v) is 16.4. The minimum atomic E-state index is 0.373. The molecule has 2 aromatic carbocycles.